The van der Waals surface area contributed by atoms with Gasteiger partial charge in [0.05, 0.1) is 35.0 Å². The number of fused-ring (bicyclic) bond motifs is 1. The zero-order valence-electron chi connectivity index (χ0n) is 20.6. The molecule has 2 heterocycles. The van der Waals surface area contributed by atoms with Gasteiger partial charge in [-0.15, -0.1) is 0 Å². The van der Waals surface area contributed by atoms with Gasteiger partial charge in [0, 0.05) is 11.9 Å². The molecule has 4 N–H and O–H groups in total. The number of phenols is 1. The van der Waals surface area contributed by atoms with E-state index in [1.54, 1.807) is 46.7 Å². The molecule has 4 aromatic rings. The Bertz CT molecular complexity index is 1610. The number of nitrogens with two attached hydrogens (primary N) is 1. The van der Waals surface area contributed by atoms with Crippen LogP contribution in [0.2, 0.25) is 0 Å². The molecule has 2 amide bonds. The number of rotatable bonds is 6. The van der Waals surface area contributed by atoms with Crippen LogP contribution in [0.5, 0.6) is 5.75 Å². The van der Waals surface area contributed by atoms with Gasteiger partial charge >= 0.3 is 0 Å². The van der Waals surface area contributed by atoms with Gasteiger partial charge in [-0.2, -0.15) is 5.26 Å². The van der Waals surface area contributed by atoms with Crippen LogP contribution in [0.1, 0.15) is 30.2 Å². The van der Waals surface area contributed by atoms with Gasteiger partial charge in [-0.05, 0) is 54.6 Å². The summed E-state index contributed by atoms with van der Waals surface area (Å²) in [5, 5.41) is 23.4. The molecule has 0 spiro atoms. The molecule has 0 aliphatic carbocycles. The van der Waals surface area contributed by atoms with E-state index in [1.807, 2.05) is 18.2 Å². The number of hydrogen-bond donors (Lipinski definition) is 3. The number of halogens is 1. The lowest BCUT2D eigenvalue weighted by Gasteiger charge is -2.27. The lowest BCUT2D eigenvalue weighted by Crippen LogP contribution is -2.43. The third kappa shape index (κ3) is 4.44. The Hall–Kier alpha value is -4.75. The van der Waals surface area contributed by atoms with Crippen LogP contribution >= 0.6 is 0 Å². The van der Waals surface area contributed by atoms with E-state index in [9.17, 15) is 19.1 Å². The number of nitriles is 1. The summed E-state index contributed by atoms with van der Waals surface area (Å²) in [6.07, 6.45) is 3.38. The van der Waals surface area contributed by atoms with Crippen molar-refractivity contribution in [1.29, 1.82) is 5.26 Å². The maximum absolute atomic E-state index is 14.2. The van der Waals surface area contributed by atoms with Crippen LogP contribution in [0.25, 0.3) is 10.8 Å². The quantitative estimate of drug-likeness (QED) is 0.363. The lowest BCUT2D eigenvalue weighted by molar-refractivity contribution is -0.126. The molecule has 0 saturated carbocycles. The molecule has 10 heteroatoms. The minimum atomic E-state index is -1.20. The molecule has 1 aliphatic heterocycles. The van der Waals surface area contributed by atoms with Gasteiger partial charge in [0.15, 0.2) is 0 Å². The van der Waals surface area contributed by atoms with E-state index in [-0.39, 0.29) is 23.8 Å². The Labute approximate surface area is 217 Å². The fourth-order valence-electron chi connectivity index (χ4n) is 4.88. The molecule has 9 nitrogen and oxygen atoms in total. The van der Waals surface area contributed by atoms with Crippen molar-refractivity contribution in [3.05, 3.63) is 89.8 Å². The van der Waals surface area contributed by atoms with Gasteiger partial charge in [-0.25, -0.2) is 9.37 Å². The van der Waals surface area contributed by atoms with Crippen LogP contribution in [0, 0.1) is 17.1 Å². The van der Waals surface area contributed by atoms with E-state index in [4.69, 9.17) is 11.0 Å². The highest BCUT2D eigenvalue weighted by Crippen LogP contribution is 2.32. The second-order valence-electron chi connectivity index (χ2n) is 9.50. The fourth-order valence-corrected chi connectivity index (χ4v) is 4.88. The number of anilines is 1. The number of carbonyl (C=O) groups is 2. The number of imidazole rings is 1. The van der Waals surface area contributed by atoms with Crippen LogP contribution in [-0.2, 0) is 21.7 Å². The van der Waals surface area contributed by atoms with Crippen molar-refractivity contribution in [3.8, 4) is 11.8 Å². The van der Waals surface area contributed by atoms with Crippen molar-refractivity contribution in [2.75, 3.05) is 11.4 Å². The smallest absolute Gasteiger partial charge is 0.249 e. The van der Waals surface area contributed by atoms with Crippen molar-refractivity contribution in [2.24, 2.45) is 5.73 Å². The number of hydrogen-bond acceptors (Lipinski definition) is 6. The molecule has 192 valence electrons. The van der Waals surface area contributed by atoms with Crippen LogP contribution in [0.3, 0.4) is 0 Å². The highest BCUT2D eigenvalue weighted by Gasteiger charge is 2.35. The summed E-state index contributed by atoms with van der Waals surface area (Å²) in [7, 11) is 0. The summed E-state index contributed by atoms with van der Waals surface area (Å²) in [5.41, 5.74) is 6.80. The Morgan fingerprint density at radius 1 is 1.29 bits per heavy atom. The largest absolute Gasteiger partial charge is 0.508 e. The summed E-state index contributed by atoms with van der Waals surface area (Å²) in [5.74, 6) is -1.22. The highest BCUT2D eigenvalue weighted by molar-refractivity contribution is 6.08. The van der Waals surface area contributed by atoms with E-state index in [2.05, 4.69) is 10.3 Å². The summed E-state index contributed by atoms with van der Waals surface area (Å²) in [6, 6.07) is 15.8. The van der Waals surface area contributed by atoms with Crippen molar-refractivity contribution in [1.82, 2.24) is 14.9 Å². The lowest BCUT2D eigenvalue weighted by atomic mass is 9.89. The van der Waals surface area contributed by atoms with Crippen molar-refractivity contribution in [2.45, 2.75) is 31.5 Å². The average molecular weight is 513 g/mol. The molecule has 1 unspecified atom stereocenters. The van der Waals surface area contributed by atoms with Crippen molar-refractivity contribution >= 4 is 28.3 Å². The minimum Gasteiger partial charge on any atom is -0.508 e. The number of carbonyl (C=O) groups excluding carboxylic acids is 2. The first-order chi connectivity index (χ1) is 18.2. The number of nitrogens with zero attached hydrogens (tertiary/aromatic N) is 4. The Balaban J connectivity index is 1.31. The normalized spacial score (nSPS) is 16.8. The number of aromatic hydroxyl groups is 1. The first-order valence-electron chi connectivity index (χ1n) is 12.0. The SMILES string of the molecule is CC(N)(c1ccc(C#N)c(F)c1)c1cncn1CC(=O)N[C@H]1CCN(c2cccc3ccc(O)cc23)C1=O. The van der Waals surface area contributed by atoms with Crippen molar-refractivity contribution in [3.63, 3.8) is 0 Å². The molecular formula is C28H25FN6O3. The van der Waals surface area contributed by atoms with Gasteiger partial charge in [0.2, 0.25) is 11.8 Å². The van der Waals surface area contributed by atoms with E-state index >= 15 is 0 Å². The Kier molecular flexibility index (Phi) is 6.30. The van der Waals surface area contributed by atoms with E-state index < -0.39 is 23.3 Å². The predicted molar refractivity (Wildman–Crippen MR) is 138 cm³/mol. The number of amides is 2. The molecule has 1 aromatic heterocycles. The third-order valence-electron chi connectivity index (χ3n) is 6.92. The highest BCUT2D eigenvalue weighted by atomic mass is 19.1. The molecule has 5 rings (SSSR count). The maximum atomic E-state index is 14.2. The van der Waals surface area contributed by atoms with Gasteiger partial charge in [0.25, 0.3) is 0 Å². The van der Waals surface area contributed by atoms with Crippen LogP contribution < -0.4 is 16.0 Å². The summed E-state index contributed by atoms with van der Waals surface area (Å²) < 4.78 is 15.8. The predicted octanol–water partition coefficient (Wildman–Crippen LogP) is 2.90. The van der Waals surface area contributed by atoms with Gasteiger partial charge < -0.3 is 25.6 Å². The second-order valence-corrected chi connectivity index (χ2v) is 9.50. The number of phenolic OH excluding ortho intramolecular Hbond substituents is 1. The van der Waals surface area contributed by atoms with E-state index in [0.29, 0.717) is 29.9 Å². The molecule has 0 bridgehead atoms. The molecule has 0 radical (unpaired) electrons. The van der Waals surface area contributed by atoms with Gasteiger partial charge in [-0.3, -0.25) is 9.59 Å². The summed E-state index contributed by atoms with van der Waals surface area (Å²) in [6.45, 7) is 1.94. The Morgan fingerprint density at radius 3 is 2.87 bits per heavy atom. The second kappa shape index (κ2) is 9.61. The first-order valence-corrected chi connectivity index (χ1v) is 12.0. The maximum Gasteiger partial charge on any atom is 0.249 e. The van der Waals surface area contributed by atoms with E-state index in [1.165, 1.54) is 24.7 Å². The molecule has 1 saturated heterocycles. The van der Waals surface area contributed by atoms with Gasteiger partial charge in [0.1, 0.15) is 30.2 Å². The fraction of sp³-hybridized carbons (Fsp3) is 0.214. The molecule has 38 heavy (non-hydrogen) atoms. The standard InChI is InChI=1S/C28H25FN6O3/c1-28(31,19-7-5-18(13-30)22(29)11-19)25-14-32-16-34(25)15-26(37)33-23-9-10-35(27(23)38)24-4-2-3-17-6-8-20(36)12-21(17)24/h2-8,11-12,14,16,23,36H,9-10,15,31H2,1H3,(H,33,37)/t23-,28?/m0/s1. The average Bonchev–Trinajstić information content (AvgIpc) is 3.50. The van der Waals surface area contributed by atoms with Crippen LogP contribution in [0.4, 0.5) is 10.1 Å². The monoisotopic (exact) mass is 512 g/mol. The van der Waals surface area contributed by atoms with Crippen LogP contribution in [0.15, 0.2) is 67.1 Å². The molecule has 3 aromatic carbocycles. The number of nitrogens with one attached hydrogen (secondary N) is 1. The topological polar surface area (TPSA) is 137 Å². The van der Waals surface area contributed by atoms with Gasteiger partial charge in [-0.1, -0.05) is 24.3 Å². The number of aromatic nitrogens is 2. The zero-order valence-corrected chi connectivity index (χ0v) is 20.6. The Morgan fingerprint density at radius 2 is 2.11 bits per heavy atom. The first kappa shape index (κ1) is 24.9. The van der Waals surface area contributed by atoms with E-state index in [0.717, 1.165) is 10.8 Å². The minimum absolute atomic E-state index is 0.0898. The van der Waals surface area contributed by atoms with Crippen LogP contribution in [-0.4, -0.2) is 39.1 Å². The number of benzene rings is 3. The van der Waals surface area contributed by atoms with Crippen molar-refractivity contribution < 1.29 is 19.1 Å². The molecule has 1 aliphatic rings. The third-order valence-corrected chi connectivity index (χ3v) is 6.92. The zero-order chi connectivity index (χ0) is 27.0. The summed E-state index contributed by atoms with van der Waals surface area (Å²) >= 11 is 0. The summed E-state index contributed by atoms with van der Waals surface area (Å²) in [4.78, 5) is 31.9. The molecular weight excluding hydrogens is 487 g/mol. The molecule has 1 fully saturated rings. The molecule has 2 atom stereocenters.